The zero-order valence-corrected chi connectivity index (χ0v) is 18.9. The van der Waals surface area contributed by atoms with Gasteiger partial charge >= 0.3 is 0 Å². The van der Waals surface area contributed by atoms with Gasteiger partial charge in [0.1, 0.15) is 4.83 Å². The first-order valence-corrected chi connectivity index (χ1v) is 12.0. The maximum atomic E-state index is 13.0. The van der Waals surface area contributed by atoms with Gasteiger partial charge in [-0.15, -0.1) is 11.3 Å². The average molecular weight is 448 g/mol. The Labute approximate surface area is 189 Å². The molecule has 2 aliphatic heterocycles. The van der Waals surface area contributed by atoms with E-state index < -0.39 is 0 Å². The molecule has 4 aromatic rings. The Balaban J connectivity index is 1.44. The minimum Gasteiger partial charge on any atom is -0.341 e. The van der Waals surface area contributed by atoms with Gasteiger partial charge in [0.25, 0.3) is 0 Å². The molecular weight excluding hydrogens is 422 g/mol. The Hall–Kier alpha value is -2.84. The number of carbonyl (C=O) groups excluding carboxylic acids is 1. The van der Waals surface area contributed by atoms with Gasteiger partial charge in [-0.1, -0.05) is 12.1 Å². The zero-order chi connectivity index (χ0) is 21.9. The molecule has 3 aromatic heterocycles. The van der Waals surface area contributed by atoms with Crippen LogP contribution in [0.15, 0.2) is 35.3 Å². The zero-order valence-electron chi connectivity index (χ0n) is 18.1. The van der Waals surface area contributed by atoms with Gasteiger partial charge in [0.2, 0.25) is 11.4 Å². The predicted molar refractivity (Wildman–Crippen MR) is 128 cm³/mol. The number of benzene rings is 1. The molecule has 0 bridgehead atoms. The molecule has 0 unspecified atom stereocenters. The second-order valence-corrected chi connectivity index (χ2v) is 10.3. The van der Waals surface area contributed by atoms with Gasteiger partial charge in [-0.25, -0.2) is 4.98 Å². The van der Waals surface area contributed by atoms with Crippen LogP contribution >= 0.6 is 11.3 Å². The number of carbonyl (C=O) groups is 1. The number of fused-ring (bicyclic) bond motifs is 5. The summed E-state index contributed by atoms with van der Waals surface area (Å²) in [5.41, 5.74) is 1.87. The van der Waals surface area contributed by atoms with E-state index in [0.717, 1.165) is 36.1 Å². The number of piperidine rings is 2. The quantitative estimate of drug-likeness (QED) is 0.438. The molecule has 0 amide bonds. The van der Waals surface area contributed by atoms with Gasteiger partial charge in [-0.2, -0.15) is 4.98 Å². The molecule has 0 atom stereocenters. The molecule has 6 rings (SSSR count). The summed E-state index contributed by atoms with van der Waals surface area (Å²) in [7, 11) is 2.21. The second-order valence-electron chi connectivity index (χ2n) is 9.27. The lowest BCUT2D eigenvalue weighted by Gasteiger charge is -2.46. The highest BCUT2D eigenvalue weighted by Gasteiger charge is 2.37. The third kappa shape index (κ3) is 2.97. The largest absolute Gasteiger partial charge is 0.341 e. The molecule has 2 fully saturated rings. The highest BCUT2D eigenvalue weighted by Crippen LogP contribution is 2.41. The first-order chi connectivity index (χ1) is 15.6. The van der Waals surface area contributed by atoms with Crippen LogP contribution in [0.2, 0.25) is 0 Å². The van der Waals surface area contributed by atoms with Crippen molar-refractivity contribution < 1.29 is 4.79 Å². The number of rotatable bonds is 2. The topological polar surface area (TPSA) is 70.8 Å². The first kappa shape index (κ1) is 19.8. The van der Waals surface area contributed by atoms with Crippen LogP contribution in [-0.2, 0) is 0 Å². The molecule has 5 heterocycles. The Morgan fingerprint density at radius 3 is 2.53 bits per heavy atom. The molecule has 0 aliphatic carbocycles. The number of aldehydes is 1. The number of hydrogen-bond donors (Lipinski definition) is 0. The normalized spacial score (nSPS) is 19.3. The lowest BCUT2D eigenvalue weighted by molar-refractivity contribution is 0.0941. The van der Waals surface area contributed by atoms with E-state index in [1.54, 1.807) is 6.20 Å². The highest BCUT2D eigenvalue weighted by molar-refractivity contribution is 7.24. The second kappa shape index (κ2) is 7.35. The molecule has 2 aliphatic rings. The highest BCUT2D eigenvalue weighted by atomic mass is 32.1. The summed E-state index contributed by atoms with van der Waals surface area (Å²) >= 11 is 1.45. The number of likely N-dealkylation sites (tertiary alicyclic amines) is 1. The van der Waals surface area contributed by atoms with Gasteiger partial charge in [0, 0.05) is 19.3 Å². The lowest BCUT2D eigenvalue weighted by atomic mass is 9.71. The smallest absolute Gasteiger partial charge is 0.227 e. The van der Waals surface area contributed by atoms with Gasteiger partial charge in [-0.3, -0.25) is 14.0 Å². The van der Waals surface area contributed by atoms with Crippen LogP contribution in [0, 0.1) is 5.41 Å². The van der Waals surface area contributed by atoms with E-state index in [2.05, 4.69) is 21.8 Å². The fourth-order valence-electron chi connectivity index (χ4n) is 5.34. The number of para-hydroxylation sites is 1. The predicted octanol–water partition coefficient (Wildman–Crippen LogP) is 3.58. The summed E-state index contributed by atoms with van der Waals surface area (Å²) in [6.45, 7) is 4.23. The van der Waals surface area contributed by atoms with Crippen LogP contribution in [0.4, 0.5) is 5.95 Å². The molecular formula is C24H25N5O2S. The van der Waals surface area contributed by atoms with E-state index >= 15 is 0 Å². The third-order valence-corrected chi connectivity index (χ3v) is 8.64. The van der Waals surface area contributed by atoms with Crippen LogP contribution in [0.3, 0.4) is 0 Å². The van der Waals surface area contributed by atoms with Gasteiger partial charge in [-0.05, 0) is 63.4 Å². The summed E-state index contributed by atoms with van der Waals surface area (Å²) in [5, 5.41) is 0.390. The van der Waals surface area contributed by atoms with E-state index in [1.165, 1.54) is 37.3 Å². The Morgan fingerprint density at radius 1 is 1.06 bits per heavy atom. The molecule has 164 valence electrons. The summed E-state index contributed by atoms with van der Waals surface area (Å²) in [4.78, 5) is 39.6. The van der Waals surface area contributed by atoms with Gasteiger partial charge in [0.15, 0.2) is 11.9 Å². The van der Waals surface area contributed by atoms with E-state index in [0.29, 0.717) is 33.5 Å². The number of thiazole rings is 1. The number of hydrogen-bond acceptors (Lipinski definition) is 7. The fraction of sp³-hybridized carbons (Fsp3) is 0.417. The maximum absolute atomic E-state index is 13.0. The van der Waals surface area contributed by atoms with E-state index in [9.17, 15) is 9.59 Å². The summed E-state index contributed by atoms with van der Waals surface area (Å²) < 4.78 is 2.97. The molecule has 1 aromatic carbocycles. The Bertz CT molecular complexity index is 1410. The molecule has 32 heavy (non-hydrogen) atoms. The first-order valence-electron chi connectivity index (χ1n) is 11.2. The minimum atomic E-state index is -0.294. The number of nitrogens with zero attached hydrogens (tertiary/aromatic N) is 5. The average Bonchev–Trinajstić information content (AvgIpc) is 3.21. The third-order valence-electron chi connectivity index (χ3n) is 7.48. The lowest BCUT2D eigenvalue weighted by Crippen LogP contribution is -2.46. The maximum Gasteiger partial charge on any atom is 0.227 e. The molecule has 7 nitrogen and oxygen atoms in total. The van der Waals surface area contributed by atoms with Gasteiger partial charge in [0.05, 0.1) is 21.2 Å². The van der Waals surface area contributed by atoms with Crippen molar-refractivity contribution in [1.29, 1.82) is 0 Å². The van der Waals surface area contributed by atoms with Crippen molar-refractivity contribution in [2.75, 3.05) is 38.1 Å². The molecule has 8 heteroatoms. The molecule has 1 spiro atoms. The van der Waals surface area contributed by atoms with Crippen molar-refractivity contribution in [2.45, 2.75) is 25.7 Å². The van der Waals surface area contributed by atoms with E-state index in [4.69, 9.17) is 4.98 Å². The van der Waals surface area contributed by atoms with Crippen molar-refractivity contribution in [2.24, 2.45) is 5.41 Å². The molecule has 0 N–H and O–H groups in total. The summed E-state index contributed by atoms with van der Waals surface area (Å²) in [6, 6.07) is 7.94. The van der Waals surface area contributed by atoms with E-state index in [-0.39, 0.29) is 11.0 Å². The Kier molecular flexibility index (Phi) is 4.55. The van der Waals surface area contributed by atoms with Crippen LogP contribution in [0.5, 0.6) is 0 Å². The monoisotopic (exact) mass is 447 g/mol. The van der Waals surface area contributed by atoms with Crippen molar-refractivity contribution in [1.82, 2.24) is 19.3 Å². The molecule has 0 radical (unpaired) electrons. The van der Waals surface area contributed by atoms with Crippen LogP contribution in [-0.4, -0.2) is 58.8 Å². The van der Waals surface area contributed by atoms with Crippen LogP contribution in [0.25, 0.3) is 26.1 Å². The Morgan fingerprint density at radius 2 is 1.78 bits per heavy atom. The summed E-state index contributed by atoms with van der Waals surface area (Å²) in [6.07, 6.45) is 7.10. The van der Waals surface area contributed by atoms with Crippen molar-refractivity contribution in [3.63, 3.8) is 0 Å². The number of aromatic nitrogens is 3. The van der Waals surface area contributed by atoms with E-state index in [1.807, 2.05) is 28.7 Å². The van der Waals surface area contributed by atoms with Crippen molar-refractivity contribution >= 4 is 49.7 Å². The molecule has 0 saturated carbocycles. The number of pyridine rings is 1. The number of anilines is 1. The summed E-state index contributed by atoms with van der Waals surface area (Å²) in [5.74, 6) is 0.669. The van der Waals surface area contributed by atoms with Gasteiger partial charge < -0.3 is 9.80 Å². The fourth-order valence-corrected chi connectivity index (χ4v) is 6.49. The minimum absolute atomic E-state index is 0.178. The van der Waals surface area contributed by atoms with Crippen molar-refractivity contribution in [3.05, 3.63) is 46.2 Å². The van der Waals surface area contributed by atoms with Crippen LogP contribution in [0.1, 0.15) is 36.0 Å². The molecule has 2 saturated heterocycles. The standard InChI is InChI=1S/C24H25N5O2S/c1-27-10-6-24(7-11-27)8-12-28(13-9-24)23-25-14-16-20(31)17(15-30)22-29(21(16)26-23)18-4-2-3-5-19(18)32-22/h2-5,14-15H,6-13H2,1H3. The van der Waals surface area contributed by atoms with Crippen molar-refractivity contribution in [3.8, 4) is 0 Å². The SMILES string of the molecule is CN1CCC2(CC1)CCN(c1ncc3c(=O)c(C=O)c4sc5ccccc5n4c3n1)CC2. The van der Waals surface area contributed by atoms with Crippen LogP contribution < -0.4 is 10.3 Å².